The number of piperazine rings is 1. The molecule has 1 aliphatic carbocycles. The molecule has 11 heteroatoms. The Morgan fingerprint density at radius 1 is 1.03 bits per heavy atom. The molecule has 0 spiro atoms. The van der Waals surface area contributed by atoms with Gasteiger partial charge in [-0.1, -0.05) is 11.6 Å². The summed E-state index contributed by atoms with van der Waals surface area (Å²) in [4.78, 5) is 16.1. The predicted octanol–water partition coefficient (Wildman–Crippen LogP) is 3.61. The summed E-state index contributed by atoms with van der Waals surface area (Å²) in [5.74, 6) is -3.11. The van der Waals surface area contributed by atoms with Crippen molar-refractivity contribution in [2.75, 3.05) is 31.1 Å². The number of hydrogen-bond acceptors (Lipinski definition) is 5. The maximum Gasteiger partial charge on any atom is 0.267 e. The second kappa shape index (κ2) is 9.15. The van der Waals surface area contributed by atoms with Crippen LogP contribution < -0.4 is 9.62 Å². The van der Waals surface area contributed by atoms with E-state index in [1.165, 1.54) is 6.07 Å². The standard InChI is InChI=1S/C22H23ClF3N3O3S/c1-13-8-21(20(26)11-18(13)24)29-6-4-28(5-7-29)12-14-9-19(25)16(10-17(14)23)22(30)27-33(31,32)15-2-3-15/h8-11,15H,2-7,12H2,1H3,(H,27,30). The number of rotatable bonds is 6. The second-order valence-corrected chi connectivity index (χ2v) is 10.8. The van der Waals surface area contributed by atoms with Gasteiger partial charge in [-0.05, 0) is 49.1 Å². The van der Waals surface area contributed by atoms with Gasteiger partial charge in [-0.25, -0.2) is 26.3 Å². The number of carbonyl (C=O) groups excluding carboxylic acids is 1. The summed E-state index contributed by atoms with van der Waals surface area (Å²) in [6, 6.07) is 4.64. The number of sulfonamides is 1. The highest BCUT2D eigenvalue weighted by Crippen LogP contribution is 2.29. The van der Waals surface area contributed by atoms with Crippen LogP contribution in [0.4, 0.5) is 18.9 Å². The van der Waals surface area contributed by atoms with Crippen LogP contribution in [0.15, 0.2) is 24.3 Å². The van der Waals surface area contributed by atoms with Gasteiger partial charge in [0.15, 0.2) is 0 Å². The molecule has 2 aromatic carbocycles. The van der Waals surface area contributed by atoms with Gasteiger partial charge in [0.05, 0.1) is 16.5 Å². The van der Waals surface area contributed by atoms with Crippen molar-refractivity contribution in [1.82, 2.24) is 9.62 Å². The normalized spacial score (nSPS) is 17.3. The largest absolute Gasteiger partial charge is 0.367 e. The van der Waals surface area contributed by atoms with E-state index in [0.29, 0.717) is 62.4 Å². The van der Waals surface area contributed by atoms with Crippen LogP contribution in [0.2, 0.25) is 5.02 Å². The van der Waals surface area contributed by atoms with Crippen molar-refractivity contribution < 1.29 is 26.4 Å². The highest BCUT2D eigenvalue weighted by molar-refractivity contribution is 7.91. The van der Waals surface area contributed by atoms with Gasteiger partial charge in [0.25, 0.3) is 5.91 Å². The van der Waals surface area contributed by atoms with Crippen molar-refractivity contribution in [2.24, 2.45) is 0 Å². The van der Waals surface area contributed by atoms with Crippen LogP contribution in [0.5, 0.6) is 0 Å². The number of benzene rings is 2. The highest BCUT2D eigenvalue weighted by Gasteiger charge is 2.37. The first-order valence-corrected chi connectivity index (χ1v) is 12.4. The SMILES string of the molecule is Cc1cc(N2CCN(Cc3cc(F)c(C(=O)NS(=O)(=O)C4CC4)cc3Cl)CC2)c(F)cc1F. The molecule has 0 unspecified atom stereocenters. The molecule has 2 aromatic rings. The Hall–Kier alpha value is -2.30. The summed E-state index contributed by atoms with van der Waals surface area (Å²) >= 11 is 6.27. The Labute approximate surface area is 195 Å². The van der Waals surface area contributed by atoms with E-state index in [-0.39, 0.29) is 5.02 Å². The lowest BCUT2D eigenvalue weighted by atomic mass is 10.1. The number of nitrogens with zero attached hydrogens (tertiary/aromatic N) is 2. The number of halogens is 4. The molecule has 1 aliphatic heterocycles. The minimum absolute atomic E-state index is 0.146. The Balaban J connectivity index is 1.40. The topological polar surface area (TPSA) is 69.7 Å². The van der Waals surface area contributed by atoms with E-state index in [0.717, 1.165) is 18.2 Å². The molecule has 0 bridgehead atoms. The van der Waals surface area contributed by atoms with Gasteiger partial charge in [0, 0.05) is 43.8 Å². The molecule has 1 N–H and O–H groups in total. The van der Waals surface area contributed by atoms with Gasteiger partial charge in [0.1, 0.15) is 17.5 Å². The lowest BCUT2D eigenvalue weighted by Gasteiger charge is -2.36. The quantitative estimate of drug-likeness (QED) is 0.655. The zero-order valence-corrected chi connectivity index (χ0v) is 19.4. The average Bonchev–Trinajstić information content (AvgIpc) is 3.59. The Kier molecular flexibility index (Phi) is 6.61. The van der Waals surface area contributed by atoms with Crippen LogP contribution in [-0.2, 0) is 16.6 Å². The third-order valence-corrected chi connectivity index (χ3v) is 8.08. The summed E-state index contributed by atoms with van der Waals surface area (Å²) in [6.45, 7) is 3.93. The smallest absolute Gasteiger partial charge is 0.267 e. The van der Waals surface area contributed by atoms with Gasteiger partial charge in [-0.2, -0.15) is 0 Å². The molecule has 2 aliphatic rings. The number of nitrogens with one attached hydrogen (secondary N) is 1. The predicted molar refractivity (Wildman–Crippen MR) is 119 cm³/mol. The number of anilines is 1. The summed E-state index contributed by atoms with van der Waals surface area (Å²) in [5, 5.41) is -0.460. The summed E-state index contributed by atoms with van der Waals surface area (Å²) in [7, 11) is -3.80. The monoisotopic (exact) mass is 501 g/mol. The van der Waals surface area contributed by atoms with Crippen molar-refractivity contribution in [3.63, 3.8) is 0 Å². The van der Waals surface area contributed by atoms with Gasteiger partial charge >= 0.3 is 0 Å². The minimum Gasteiger partial charge on any atom is -0.367 e. The molecule has 1 heterocycles. The van der Waals surface area contributed by atoms with Crippen molar-refractivity contribution in [3.05, 3.63) is 63.4 Å². The molecule has 1 saturated carbocycles. The van der Waals surface area contributed by atoms with Crippen molar-refractivity contribution in [1.29, 1.82) is 0 Å². The third-order valence-electron chi connectivity index (χ3n) is 5.91. The molecule has 2 fully saturated rings. The molecule has 0 atom stereocenters. The molecule has 4 rings (SSSR count). The first-order valence-electron chi connectivity index (χ1n) is 10.5. The van der Waals surface area contributed by atoms with Gasteiger partial charge in [0.2, 0.25) is 10.0 Å². The van der Waals surface area contributed by atoms with Crippen LogP contribution in [-0.4, -0.2) is 50.7 Å². The number of carbonyl (C=O) groups is 1. The van der Waals surface area contributed by atoms with Crippen molar-refractivity contribution in [2.45, 2.75) is 31.6 Å². The van der Waals surface area contributed by atoms with Crippen LogP contribution in [0.3, 0.4) is 0 Å². The third kappa shape index (κ3) is 5.28. The van der Waals surface area contributed by atoms with Gasteiger partial charge in [-0.15, -0.1) is 0 Å². The molecule has 0 radical (unpaired) electrons. The fourth-order valence-electron chi connectivity index (χ4n) is 3.80. The molecule has 1 saturated heterocycles. The first-order chi connectivity index (χ1) is 15.5. The fraction of sp³-hybridized carbons (Fsp3) is 0.409. The summed E-state index contributed by atoms with van der Waals surface area (Å²) < 4.78 is 68.1. The van der Waals surface area contributed by atoms with Crippen LogP contribution in [0.1, 0.15) is 34.3 Å². The van der Waals surface area contributed by atoms with Crippen molar-refractivity contribution in [3.8, 4) is 0 Å². The number of aryl methyl sites for hydroxylation is 1. The maximum absolute atomic E-state index is 14.6. The van der Waals surface area contributed by atoms with E-state index >= 15 is 0 Å². The summed E-state index contributed by atoms with van der Waals surface area (Å²) in [6.07, 6.45) is 0.955. The Morgan fingerprint density at radius 2 is 1.70 bits per heavy atom. The maximum atomic E-state index is 14.6. The Morgan fingerprint density at radius 3 is 2.33 bits per heavy atom. The van der Waals surface area contributed by atoms with Gasteiger partial charge < -0.3 is 4.90 Å². The second-order valence-electron chi connectivity index (χ2n) is 8.42. The molecule has 0 aromatic heterocycles. The lowest BCUT2D eigenvalue weighted by molar-refractivity contribution is 0.0977. The molecular formula is C22H23ClF3N3O3S. The van der Waals surface area contributed by atoms with Crippen LogP contribution >= 0.6 is 11.6 Å². The molecule has 1 amide bonds. The highest BCUT2D eigenvalue weighted by atomic mass is 35.5. The molecular weight excluding hydrogens is 479 g/mol. The fourth-order valence-corrected chi connectivity index (χ4v) is 5.32. The van der Waals surface area contributed by atoms with Crippen LogP contribution in [0, 0.1) is 24.4 Å². The minimum atomic E-state index is -3.80. The van der Waals surface area contributed by atoms with E-state index in [9.17, 15) is 26.4 Å². The lowest BCUT2D eigenvalue weighted by Crippen LogP contribution is -2.46. The van der Waals surface area contributed by atoms with E-state index in [1.807, 2.05) is 14.5 Å². The summed E-state index contributed by atoms with van der Waals surface area (Å²) in [5.41, 5.74) is 0.729. The van der Waals surface area contributed by atoms with E-state index < -0.39 is 44.2 Å². The zero-order valence-electron chi connectivity index (χ0n) is 17.9. The van der Waals surface area contributed by atoms with Crippen molar-refractivity contribution >= 4 is 33.2 Å². The van der Waals surface area contributed by atoms with Crippen LogP contribution in [0.25, 0.3) is 0 Å². The number of amides is 1. The van der Waals surface area contributed by atoms with E-state index in [2.05, 4.69) is 0 Å². The molecule has 33 heavy (non-hydrogen) atoms. The molecule has 178 valence electrons. The first kappa shape index (κ1) is 23.8. The van der Waals surface area contributed by atoms with E-state index in [4.69, 9.17) is 11.6 Å². The number of hydrogen-bond donors (Lipinski definition) is 1. The van der Waals surface area contributed by atoms with E-state index in [1.54, 1.807) is 6.92 Å². The molecule has 6 nitrogen and oxygen atoms in total. The van der Waals surface area contributed by atoms with Gasteiger partial charge in [-0.3, -0.25) is 9.69 Å². The zero-order chi connectivity index (χ0) is 23.9. The Bertz CT molecular complexity index is 1200. The average molecular weight is 502 g/mol.